The van der Waals surface area contributed by atoms with Crippen LogP contribution < -0.4 is 5.32 Å². The highest BCUT2D eigenvalue weighted by Gasteiger charge is 2.41. The SMILES string of the molecule is CC(CCn1cccn1)NCC1(CO)CC1. The third kappa shape index (κ3) is 3.06. The minimum atomic E-state index is 0.208. The van der Waals surface area contributed by atoms with Gasteiger partial charge in [0.05, 0.1) is 0 Å². The summed E-state index contributed by atoms with van der Waals surface area (Å²) >= 11 is 0. The predicted molar refractivity (Wildman–Crippen MR) is 63.1 cm³/mol. The standard InChI is InChI=1S/C12H21N3O/c1-11(3-8-15-7-2-6-14-15)13-9-12(10-16)4-5-12/h2,6-7,11,13,16H,3-5,8-10H2,1H3. The van der Waals surface area contributed by atoms with Crippen molar-refractivity contribution in [1.29, 1.82) is 0 Å². The summed E-state index contributed by atoms with van der Waals surface area (Å²) in [5.41, 5.74) is 0.208. The molecule has 1 aliphatic carbocycles. The molecule has 16 heavy (non-hydrogen) atoms. The van der Waals surface area contributed by atoms with Gasteiger partial charge in [-0.25, -0.2) is 0 Å². The molecule has 0 radical (unpaired) electrons. The summed E-state index contributed by atoms with van der Waals surface area (Å²) in [4.78, 5) is 0. The Kier molecular flexibility index (Phi) is 3.61. The van der Waals surface area contributed by atoms with Crippen molar-refractivity contribution in [2.24, 2.45) is 5.41 Å². The molecule has 0 bridgehead atoms. The number of aliphatic hydroxyl groups is 1. The molecule has 0 saturated heterocycles. The van der Waals surface area contributed by atoms with Crippen LogP contribution >= 0.6 is 0 Å². The molecule has 1 fully saturated rings. The molecule has 0 amide bonds. The first kappa shape index (κ1) is 11.6. The first-order chi connectivity index (χ1) is 7.74. The van der Waals surface area contributed by atoms with E-state index in [0.717, 1.165) is 19.5 Å². The molecule has 0 spiro atoms. The average molecular weight is 223 g/mol. The van der Waals surface area contributed by atoms with E-state index in [1.54, 1.807) is 0 Å². The molecule has 1 saturated carbocycles. The highest BCUT2D eigenvalue weighted by Crippen LogP contribution is 2.44. The van der Waals surface area contributed by atoms with E-state index < -0.39 is 0 Å². The number of hydrogen-bond donors (Lipinski definition) is 2. The lowest BCUT2D eigenvalue weighted by atomic mass is 10.1. The summed E-state index contributed by atoms with van der Waals surface area (Å²) in [7, 11) is 0. The Bertz CT molecular complexity index is 306. The van der Waals surface area contributed by atoms with Gasteiger partial charge in [0, 0.05) is 43.5 Å². The average Bonchev–Trinajstić information content (AvgIpc) is 2.90. The van der Waals surface area contributed by atoms with E-state index in [9.17, 15) is 5.11 Å². The summed E-state index contributed by atoms with van der Waals surface area (Å²) < 4.78 is 1.96. The van der Waals surface area contributed by atoms with Gasteiger partial charge in [-0.3, -0.25) is 4.68 Å². The Balaban J connectivity index is 1.63. The normalized spacial score (nSPS) is 19.6. The second-order valence-electron chi connectivity index (χ2n) is 5.00. The minimum Gasteiger partial charge on any atom is -0.396 e. The van der Waals surface area contributed by atoms with Crippen molar-refractivity contribution in [3.05, 3.63) is 18.5 Å². The van der Waals surface area contributed by atoms with E-state index in [-0.39, 0.29) is 5.41 Å². The van der Waals surface area contributed by atoms with Gasteiger partial charge in [0.15, 0.2) is 0 Å². The lowest BCUT2D eigenvalue weighted by Gasteiger charge is -2.18. The number of hydrogen-bond acceptors (Lipinski definition) is 3. The topological polar surface area (TPSA) is 50.1 Å². The molecule has 1 atom stereocenters. The molecule has 2 N–H and O–H groups in total. The van der Waals surface area contributed by atoms with Crippen LogP contribution in [0.2, 0.25) is 0 Å². The second-order valence-corrected chi connectivity index (χ2v) is 5.00. The summed E-state index contributed by atoms with van der Waals surface area (Å²) in [5.74, 6) is 0. The maximum Gasteiger partial charge on any atom is 0.0499 e. The van der Waals surface area contributed by atoms with Crippen LogP contribution in [0, 0.1) is 5.41 Å². The number of nitrogens with one attached hydrogen (secondary N) is 1. The van der Waals surface area contributed by atoms with Crippen molar-refractivity contribution in [2.45, 2.75) is 38.8 Å². The fourth-order valence-corrected chi connectivity index (χ4v) is 1.82. The van der Waals surface area contributed by atoms with Crippen molar-refractivity contribution in [3.63, 3.8) is 0 Å². The Morgan fingerprint density at radius 2 is 2.38 bits per heavy atom. The molecule has 0 aromatic carbocycles. The van der Waals surface area contributed by atoms with Crippen LogP contribution in [0.1, 0.15) is 26.2 Å². The first-order valence-corrected chi connectivity index (χ1v) is 6.06. The van der Waals surface area contributed by atoms with Crippen LogP contribution in [-0.4, -0.2) is 34.1 Å². The van der Waals surface area contributed by atoms with Gasteiger partial charge in [-0.1, -0.05) is 0 Å². The van der Waals surface area contributed by atoms with Gasteiger partial charge in [0.25, 0.3) is 0 Å². The van der Waals surface area contributed by atoms with Crippen LogP contribution in [-0.2, 0) is 6.54 Å². The maximum atomic E-state index is 9.20. The Labute approximate surface area is 96.7 Å². The van der Waals surface area contributed by atoms with E-state index in [2.05, 4.69) is 17.3 Å². The van der Waals surface area contributed by atoms with Crippen LogP contribution in [0.3, 0.4) is 0 Å². The van der Waals surface area contributed by atoms with Gasteiger partial charge in [-0.2, -0.15) is 5.10 Å². The molecule has 0 aliphatic heterocycles. The van der Waals surface area contributed by atoms with Crippen molar-refractivity contribution < 1.29 is 5.11 Å². The second kappa shape index (κ2) is 4.97. The predicted octanol–water partition coefficient (Wildman–Crippen LogP) is 1.02. The third-order valence-electron chi connectivity index (χ3n) is 3.47. The quantitative estimate of drug-likeness (QED) is 0.725. The molecule has 1 aliphatic rings. The fraction of sp³-hybridized carbons (Fsp3) is 0.750. The fourth-order valence-electron chi connectivity index (χ4n) is 1.82. The molecule has 1 aromatic heterocycles. The molecule has 90 valence electrons. The number of aryl methyl sites for hydroxylation is 1. The third-order valence-corrected chi connectivity index (χ3v) is 3.47. The zero-order valence-corrected chi connectivity index (χ0v) is 9.89. The number of aliphatic hydroxyl groups excluding tert-OH is 1. The van der Waals surface area contributed by atoms with Gasteiger partial charge < -0.3 is 10.4 Å². The lowest BCUT2D eigenvalue weighted by Crippen LogP contribution is -2.34. The minimum absolute atomic E-state index is 0.208. The van der Waals surface area contributed by atoms with Gasteiger partial charge >= 0.3 is 0 Å². The van der Waals surface area contributed by atoms with E-state index in [1.807, 2.05) is 23.1 Å². The van der Waals surface area contributed by atoms with Crippen LogP contribution in [0.4, 0.5) is 0 Å². The Hall–Kier alpha value is -0.870. The summed E-state index contributed by atoms with van der Waals surface area (Å²) in [6.45, 7) is 4.42. The van der Waals surface area contributed by atoms with Gasteiger partial charge in [0.2, 0.25) is 0 Å². The number of rotatable bonds is 7. The molecule has 1 heterocycles. The number of nitrogens with zero attached hydrogens (tertiary/aromatic N) is 2. The molecule has 1 unspecified atom stereocenters. The highest BCUT2D eigenvalue weighted by molar-refractivity contribution is 4.94. The van der Waals surface area contributed by atoms with Gasteiger partial charge in [-0.15, -0.1) is 0 Å². The van der Waals surface area contributed by atoms with Crippen molar-refractivity contribution in [1.82, 2.24) is 15.1 Å². The van der Waals surface area contributed by atoms with E-state index in [4.69, 9.17) is 0 Å². The summed E-state index contributed by atoms with van der Waals surface area (Å²) in [5, 5.41) is 16.9. The maximum absolute atomic E-state index is 9.20. The van der Waals surface area contributed by atoms with Crippen molar-refractivity contribution in [2.75, 3.05) is 13.2 Å². The zero-order chi connectivity index (χ0) is 11.4. The lowest BCUT2D eigenvalue weighted by molar-refractivity contribution is 0.203. The van der Waals surface area contributed by atoms with E-state index >= 15 is 0 Å². The van der Waals surface area contributed by atoms with Crippen LogP contribution in [0.15, 0.2) is 18.5 Å². The monoisotopic (exact) mass is 223 g/mol. The Morgan fingerprint density at radius 1 is 1.56 bits per heavy atom. The first-order valence-electron chi connectivity index (χ1n) is 6.06. The number of aromatic nitrogens is 2. The summed E-state index contributed by atoms with van der Waals surface area (Å²) in [6.07, 6.45) is 7.21. The molecule has 1 aromatic rings. The molecular formula is C12H21N3O. The smallest absolute Gasteiger partial charge is 0.0499 e. The van der Waals surface area contributed by atoms with Crippen molar-refractivity contribution in [3.8, 4) is 0 Å². The molecule has 4 nitrogen and oxygen atoms in total. The van der Waals surface area contributed by atoms with Gasteiger partial charge in [0.1, 0.15) is 0 Å². The zero-order valence-electron chi connectivity index (χ0n) is 9.89. The van der Waals surface area contributed by atoms with Crippen LogP contribution in [0.25, 0.3) is 0 Å². The van der Waals surface area contributed by atoms with E-state index in [0.29, 0.717) is 12.6 Å². The molecule has 4 heteroatoms. The molecule has 2 rings (SSSR count). The Morgan fingerprint density at radius 3 is 2.94 bits per heavy atom. The van der Waals surface area contributed by atoms with Gasteiger partial charge in [-0.05, 0) is 32.3 Å². The van der Waals surface area contributed by atoms with Crippen molar-refractivity contribution >= 4 is 0 Å². The highest BCUT2D eigenvalue weighted by atomic mass is 16.3. The van der Waals surface area contributed by atoms with E-state index in [1.165, 1.54) is 12.8 Å². The van der Waals surface area contributed by atoms with Crippen LogP contribution in [0.5, 0.6) is 0 Å². The largest absolute Gasteiger partial charge is 0.396 e. The molecular weight excluding hydrogens is 202 g/mol. The summed E-state index contributed by atoms with van der Waals surface area (Å²) in [6, 6.07) is 2.43.